The molecule has 0 saturated carbocycles. The van der Waals surface area contributed by atoms with Crippen LogP contribution in [0.4, 0.5) is 0 Å². The van der Waals surface area contributed by atoms with Crippen LogP contribution in [-0.4, -0.2) is 37.1 Å². The SMILES string of the molecule is CCOc1ccc(Cc2cc(C3OC(COC(=O)C(C)(C)C)C(I)C(I)C3I)ccc2Cl)cc1. The molecule has 1 aliphatic rings. The third kappa shape index (κ3) is 7.35. The van der Waals surface area contributed by atoms with E-state index in [-0.39, 0.29) is 32.6 Å². The normalized spacial score (nSPS) is 25.1. The molecule has 186 valence electrons. The maximum absolute atomic E-state index is 12.3. The standard InChI is InChI=1S/C26H30ClI3O4/c1-5-32-18-9-6-15(7-10-18)12-17-13-16(8-11-19(17)27)24-23(30)22(29)21(28)20(34-24)14-33-25(31)26(2,3)4/h6-11,13,20-24H,5,12,14H2,1-4H3. The third-order valence-electron chi connectivity index (χ3n) is 5.59. The van der Waals surface area contributed by atoms with Crippen molar-refractivity contribution in [3.8, 4) is 5.75 Å². The molecule has 0 N–H and O–H groups in total. The van der Waals surface area contributed by atoms with E-state index in [0.717, 1.165) is 28.3 Å². The van der Waals surface area contributed by atoms with Gasteiger partial charge in [-0.25, -0.2) is 0 Å². The second-order valence-electron chi connectivity index (χ2n) is 9.38. The monoisotopic (exact) mass is 822 g/mol. The Labute approximate surface area is 248 Å². The molecule has 2 aromatic carbocycles. The minimum Gasteiger partial charge on any atom is -0.494 e. The number of halogens is 4. The van der Waals surface area contributed by atoms with Gasteiger partial charge >= 0.3 is 5.97 Å². The first-order valence-electron chi connectivity index (χ1n) is 11.3. The van der Waals surface area contributed by atoms with Gasteiger partial charge in [0.05, 0.1) is 26.0 Å². The molecule has 0 radical (unpaired) electrons. The molecule has 2 aromatic rings. The maximum Gasteiger partial charge on any atom is 0.311 e. The van der Waals surface area contributed by atoms with Crippen molar-refractivity contribution >= 4 is 85.3 Å². The first-order chi connectivity index (χ1) is 16.0. The molecular weight excluding hydrogens is 792 g/mol. The lowest BCUT2D eigenvalue weighted by Crippen LogP contribution is -2.48. The van der Waals surface area contributed by atoms with E-state index in [0.29, 0.717) is 10.5 Å². The Balaban J connectivity index is 1.78. The minimum absolute atomic E-state index is 0.108. The highest BCUT2D eigenvalue weighted by Crippen LogP contribution is 2.44. The van der Waals surface area contributed by atoms with E-state index in [2.05, 4.69) is 92.0 Å². The van der Waals surface area contributed by atoms with Gasteiger partial charge in [0, 0.05) is 8.95 Å². The Morgan fingerprint density at radius 2 is 1.71 bits per heavy atom. The van der Waals surface area contributed by atoms with Crippen LogP contribution in [0.15, 0.2) is 42.5 Å². The lowest BCUT2D eigenvalue weighted by molar-refractivity contribution is -0.159. The van der Waals surface area contributed by atoms with Crippen molar-refractivity contribution in [1.82, 2.24) is 0 Å². The van der Waals surface area contributed by atoms with E-state index >= 15 is 0 Å². The first kappa shape index (κ1) is 28.7. The first-order valence-corrected chi connectivity index (χ1v) is 15.4. The van der Waals surface area contributed by atoms with Crippen molar-refractivity contribution in [2.75, 3.05) is 13.2 Å². The molecule has 5 atom stereocenters. The number of ether oxygens (including phenoxy) is 3. The number of hydrogen-bond acceptors (Lipinski definition) is 4. The van der Waals surface area contributed by atoms with E-state index in [1.54, 1.807) is 0 Å². The summed E-state index contributed by atoms with van der Waals surface area (Å²) >= 11 is 14.0. The quantitative estimate of drug-likeness (QED) is 0.163. The summed E-state index contributed by atoms with van der Waals surface area (Å²) < 4.78 is 18.6. The zero-order valence-electron chi connectivity index (χ0n) is 19.7. The summed E-state index contributed by atoms with van der Waals surface area (Å²) in [7, 11) is 0. The summed E-state index contributed by atoms with van der Waals surface area (Å²) in [6.07, 6.45) is 0.450. The maximum atomic E-state index is 12.3. The molecule has 34 heavy (non-hydrogen) atoms. The van der Waals surface area contributed by atoms with Gasteiger partial charge in [-0.2, -0.15) is 0 Å². The van der Waals surface area contributed by atoms with E-state index in [1.807, 2.05) is 45.9 Å². The van der Waals surface area contributed by atoms with E-state index in [1.165, 1.54) is 5.56 Å². The molecule has 3 rings (SSSR count). The predicted molar refractivity (Wildman–Crippen MR) is 163 cm³/mol. The van der Waals surface area contributed by atoms with Crippen LogP contribution in [0.25, 0.3) is 0 Å². The van der Waals surface area contributed by atoms with Gasteiger partial charge in [-0.1, -0.05) is 104 Å². The van der Waals surface area contributed by atoms with Crippen LogP contribution >= 0.6 is 79.4 Å². The number of carbonyl (C=O) groups excluding carboxylic acids is 1. The van der Waals surface area contributed by atoms with Crippen LogP contribution in [0.1, 0.15) is 50.5 Å². The van der Waals surface area contributed by atoms with Crippen LogP contribution in [0.5, 0.6) is 5.75 Å². The molecule has 4 nitrogen and oxygen atoms in total. The van der Waals surface area contributed by atoms with E-state index in [9.17, 15) is 4.79 Å². The summed E-state index contributed by atoms with van der Waals surface area (Å²) in [6.45, 7) is 8.48. The van der Waals surface area contributed by atoms with Crippen molar-refractivity contribution in [2.24, 2.45) is 5.41 Å². The van der Waals surface area contributed by atoms with Crippen LogP contribution in [0, 0.1) is 5.41 Å². The van der Waals surface area contributed by atoms with Gasteiger partial charge < -0.3 is 14.2 Å². The predicted octanol–water partition coefficient (Wildman–Crippen LogP) is 7.77. The smallest absolute Gasteiger partial charge is 0.311 e. The topological polar surface area (TPSA) is 44.8 Å². The van der Waals surface area contributed by atoms with Crippen molar-refractivity contribution in [3.05, 3.63) is 64.2 Å². The molecule has 1 fully saturated rings. The summed E-state index contributed by atoms with van der Waals surface area (Å²) in [5, 5.41) is 0.743. The molecule has 0 amide bonds. The van der Waals surface area contributed by atoms with Gasteiger partial charge in [-0.05, 0) is 69.0 Å². The van der Waals surface area contributed by atoms with Crippen LogP contribution in [0.3, 0.4) is 0 Å². The van der Waals surface area contributed by atoms with Crippen molar-refractivity contribution in [3.63, 3.8) is 0 Å². The summed E-state index contributed by atoms with van der Waals surface area (Å²) in [5.41, 5.74) is 2.80. The minimum atomic E-state index is -0.531. The fourth-order valence-electron chi connectivity index (χ4n) is 3.65. The largest absolute Gasteiger partial charge is 0.494 e. The molecule has 5 unspecified atom stereocenters. The van der Waals surface area contributed by atoms with E-state index < -0.39 is 5.41 Å². The number of hydrogen-bond donors (Lipinski definition) is 0. The molecule has 1 saturated heterocycles. The third-order valence-corrected chi connectivity index (χ3v) is 13.3. The summed E-state index contributed by atoms with van der Waals surface area (Å²) in [6, 6.07) is 14.3. The molecule has 0 bridgehead atoms. The number of carbonyl (C=O) groups is 1. The molecule has 1 heterocycles. The number of alkyl halides is 3. The molecular formula is C26H30ClI3O4. The van der Waals surface area contributed by atoms with Crippen LogP contribution in [-0.2, 0) is 20.7 Å². The Bertz CT molecular complexity index is 977. The molecule has 0 aliphatic carbocycles. The van der Waals surface area contributed by atoms with Gasteiger partial charge in [-0.15, -0.1) is 0 Å². The molecule has 0 aromatic heterocycles. The fraction of sp³-hybridized carbons (Fsp3) is 0.500. The zero-order chi connectivity index (χ0) is 25.0. The Morgan fingerprint density at radius 3 is 2.32 bits per heavy atom. The van der Waals surface area contributed by atoms with Gasteiger partial charge in [0.25, 0.3) is 0 Å². The van der Waals surface area contributed by atoms with Gasteiger partial charge in [0.2, 0.25) is 0 Å². The highest BCUT2D eigenvalue weighted by atomic mass is 127. The molecule has 8 heteroatoms. The van der Waals surface area contributed by atoms with E-state index in [4.69, 9.17) is 25.8 Å². The second-order valence-corrected chi connectivity index (χ2v) is 14.1. The number of rotatable bonds is 7. The van der Waals surface area contributed by atoms with Crippen molar-refractivity contribution in [2.45, 2.75) is 58.1 Å². The lowest BCUT2D eigenvalue weighted by Gasteiger charge is -2.41. The highest BCUT2D eigenvalue weighted by molar-refractivity contribution is 14.1. The van der Waals surface area contributed by atoms with Crippen molar-refractivity contribution in [1.29, 1.82) is 0 Å². The molecule has 1 aliphatic heterocycles. The average Bonchev–Trinajstić information content (AvgIpc) is 2.79. The summed E-state index contributed by atoms with van der Waals surface area (Å²) in [4.78, 5) is 12.3. The lowest BCUT2D eigenvalue weighted by atomic mass is 9.95. The highest BCUT2D eigenvalue weighted by Gasteiger charge is 2.43. The number of benzene rings is 2. The molecule has 0 spiro atoms. The Morgan fingerprint density at radius 1 is 1.03 bits per heavy atom. The Kier molecular flexibility index (Phi) is 10.6. The van der Waals surface area contributed by atoms with Crippen LogP contribution in [0.2, 0.25) is 5.02 Å². The van der Waals surface area contributed by atoms with Crippen molar-refractivity contribution < 1.29 is 19.0 Å². The Hall–Kier alpha value is 0.150. The fourth-order valence-corrected chi connectivity index (χ4v) is 7.33. The average molecular weight is 823 g/mol. The van der Waals surface area contributed by atoms with Gasteiger partial charge in [0.15, 0.2) is 0 Å². The van der Waals surface area contributed by atoms with Crippen LogP contribution < -0.4 is 4.74 Å². The zero-order valence-corrected chi connectivity index (χ0v) is 26.9. The van der Waals surface area contributed by atoms with Gasteiger partial charge in [-0.3, -0.25) is 4.79 Å². The number of esters is 1. The second kappa shape index (κ2) is 12.6. The van der Waals surface area contributed by atoms with Gasteiger partial charge in [0.1, 0.15) is 18.5 Å². The summed E-state index contributed by atoms with van der Waals surface area (Å²) in [5.74, 6) is 0.663.